The number of rotatable bonds is 4. The molecule has 6 aromatic carbocycles. The highest BCUT2D eigenvalue weighted by Gasteiger charge is 2.19. The van der Waals surface area contributed by atoms with Crippen molar-refractivity contribution in [3.63, 3.8) is 0 Å². The van der Waals surface area contributed by atoms with Crippen molar-refractivity contribution < 1.29 is 0 Å². The van der Waals surface area contributed by atoms with Gasteiger partial charge in [-0.15, -0.1) is 11.3 Å². The van der Waals surface area contributed by atoms with Gasteiger partial charge in [0.05, 0.1) is 32.6 Å². The highest BCUT2D eigenvalue weighted by Crippen LogP contribution is 2.42. The summed E-state index contributed by atoms with van der Waals surface area (Å²) in [5, 5.41) is 5.99. The minimum atomic E-state index is 0.691. The van der Waals surface area contributed by atoms with E-state index in [1.807, 2.05) is 47.7 Å². The lowest BCUT2D eigenvalue weighted by Crippen LogP contribution is -1.98. The molecule has 4 heterocycles. The molecule has 0 spiro atoms. The molecule has 10 aromatic rings. The van der Waals surface area contributed by atoms with E-state index in [0.29, 0.717) is 5.82 Å². The van der Waals surface area contributed by atoms with Crippen LogP contribution in [0.4, 0.5) is 0 Å². The van der Waals surface area contributed by atoms with Gasteiger partial charge in [0.2, 0.25) is 0 Å². The highest BCUT2D eigenvalue weighted by atomic mass is 32.1. The van der Waals surface area contributed by atoms with E-state index >= 15 is 0 Å². The Morgan fingerprint density at radius 3 is 1.90 bits per heavy atom. The maximum absolute atomic E-state index is 5.12. The molecule has 0 saturated carbocycles. The van der Waals surface area contributed by atoms with E-state index in [2.05, 4.69) is 126 Å². The summed E-state index contributed by atoms with van der Waals surface area (Å²) in [5.74, 6) is 0.691. The topological polar surface area (TPSA) is 43.6 Å². The van der Waals surface area contributed by atoms with Crippen LogP contribution in [0.1, 0.15) is 0 Å². The first kappa shape index (κ1) is 27.0. The predicted molar refractivity (Wildman–Crippen MR) is 201 cm³/mol. The van der Waals surface area contributed by atoms with Crippen molar-refractivity contribution in [2.24, 2.45) is 0 Å². The number of benzene rings is 6. The van der Waals surface area contributed by atoms with Gasteiger partial charge in [-0.2, -0.15) is 0 Å². The van der Waals surface area contributed by atoms with Crippen LogP contribution in [0.15, 0.2) is 158 Å². The molecule has 0 aliphatic heterocycles. The minimum Gasteiger partial charge on any atom is -0.308 e. The van der Waals surface area contributed by atoms with Gasteiger partial charge in [-0.25, -0.2) is 9.97 Å². The van der Waals surface area contributed by atoms with Crippen LogP contribution in [0.25, 0.3) is 92.5 Å². The van der Waals surface area contributed by atoms with Crippen molar-refractivity contribution in [2.75, 3.05) is 0 Å². The summed E-state index contributed by atoms with van der Waals surface area (Å²) in [5.41, 5.74) is 9.24. The molecule has 0 atom stereocenters. The summed E-state index contributed by atoms with van der Waals surface area (Å²) in [6.45, 7) is 0. The van der Waals surface area contributed by atoms with E-state index in [9.17, 15) is 0 Å². The highest BCUT2D eigenvalue weighted by molar-refractivity contribution is 7.26. The molecular weight excluding hydrogens is 605 g/mol. The van der Waals surface area contributed by atoms with Crippen LogP contribution in [-0.2, 0) is 0 Å². The molecule has 4 aromatic heterocycles. The molecule has 48 heavy (non-hydrogen) atoms. The van der Waals surface area contributed by atoms with Gasteiger partial charge in [0.25, 0.3) is 0 Å². The fraction of sp³-hybridized carbons (Fsp3) is 0. The first-order chi connectivity index (χ1) is 23.8. The Bertz CT molecular complexity index is 2780. The Kier molecular flexibility index (Phi) is 6.01. The van der Waals surface area contributed by atoms with Crippen molar-refractivity contribution >= 4 is 64.2 Å². The van der Waals surface area contributed by atoms with E-state index in [-0.39, 0.29) is 0 Å². The number of thiophene rings is 1. The smallest absolute Gasteiger partial charge is 0.160 e. The van der Waals surface area contributed by atoms with Crippen molar-refractivity contribution in [1.82, 2.24) is 19.5 Å². The van der Waals surface area contributed by atoms with Gasteiger partial charge in [-0.3, -0.25) is 4.98 Å². The molecule has 5 heteroatoms. The van der Waals surface area contributed by atoms with Crippen LogP contribution in [0.5, 0.6) is 0 Å². The van der Waals surface area contributed by atoms with Gasteiger partial charge in [-0.1, -0.05) is 115 Å². The molecule has 0 aliphatic rings. The Labute approximate surface area is 280 Å². The molecule has 0 saturated heterocycles. The molecule has 0 radical (unpaired) electrons. The van der Waals surface area contributed by atoms with Gasteiger partial charge in [-0.05, 0) is 36.4 Å². The van der Waals surface area contributed by atoms with Crippen molar-refractivity contribution in [1.29, 1.82) is 0 Å². The van der Waals surface area contributed by atoms with Gasteiger partial charge in [0, 0.05) is 60.2 Å². The van der Waals surface area contributed by atoms with E-state index in [1.165, 1.54) is 25.6 Å². The summed E-state index contributed by atoms with van der Waals surface area (Å²) in [4.78, 5) is 15.4. The molecule has 0 fully saturated rings. The number of hydrogen-bond acceptors (Lipinski definition) is 4. The quantitative estimate of drug-likeness (QED) is 0.194. The van der Waals surface area contributed by atoms with E-state index in [1.54, 1.807) is 0 Å². The summed E-state index contributed by atoms with van der Waals surface area (Å²) < 4.78 is 4.89. The van der Waals surface area contributed by atoms with E-state index in [4.69, 9.17) is 15.0 Å². The van der Waals surface area contributed by atoms with Crippen LogP contribution >= 0.6 is 11.3 Å². The number of aromatic nitrogens is 4. The fourth-order valence-electron chi connectivity index (χ4n) is 7.03. The summed E-state index contributed by atoms with van der Waals surface area (Å²) in [6.07, 6.45) is 2.06. The molecule has 4 nitrogen and oxygen atoms in total. The second kappa shape index (κ2) is 10.7. The van der Waals surface area contributed by atoms with Gasteiger partial charge < -0.3 is 4.57 Å². The maximum atomic E-state index is 5.12. The van der Waals surface area contributed by atoms with Crippen LogP contribution in [0.3, 0.4) is 0 Å². The van der Waals surface area contributed by atoms with Crippen molar-refractivity contribution in [2.45, 2.75) is 0 Å². The molecule has 0 unspecified atom stereocenters. The summed E-state index contributed by atoms with van der Waals surface area (Å²) in [7, 11) is 0. The van der Waals surface area contributed by atoms with Gasteiger partial charge in [0.15, 0.2) is 5.82 Å². The summed E-state index contributed by atoms with van der Waals surface area (Å²) >= 11 is 1.82. The molecule has 0 bridgehead atoms. The number of pyridine rings is 1. The number of fused-ring (bicyclic) bond motifs is 9. The first-order valence-electron chi connectivity index (χ1n) is 16.0. The van der Waals surface area contributed by atoms with Crippen LogP contribution in [0.2, 0.25) is 0 Å². The summed E-state index contributed by atoms with van der Waals surface area (Å²) in [6, 6.07) is 53.1. The Hall–Kier alpha value is -6.17. The Balaban J connectivity index is 1.23. The zero-order chi connectivity index (χ0) is 31.6. The lowest BCUT2D eigenvalue weighted by Gasteiger charge is -2.13. The average Bonchev–Trinajstić information content (AvgIpc) is 3.72. The standard InChI is InChI=1S/C43H26N4S/c1-3-12-27(13-4-1)36-25-37(28-14-5-2-6-15-28)46-43(45-36)29-16-11-17-30(24-29)47-38-20-9-7-18-31(38)35-26-44-40-34(41(35)47)23-22-33-32-19-8-10-21-39(32)48-42(33)40/h1-26H. The predicted octanol–water partition coefficient (Wildman–Crippen LogP) is 11.5. The largest absolute Gasteiger partial charge is 0.308 e. The van der Waals surface area contributed by atoms with Crippen LogP contribution < -0.4 is 0 Å². The molecule has 0 amide bonds. The number of para-hydroxylation sites is 1. The van der Waals surface area contributed by atoms with Gasteiger partial charge in [0.1, 0.15) is 0 Å². The molecular formula is C43H26N4S. The van der Waals surface area contributed by atoms with Crippen LogP contribution in [0, 0.1) is 0 Å². The first-order valence-corrected chi connectivity index (χ1v) is 16.8. The fourth-order valence-corrected chi connectivity index (χ4v) is 8.23. The van der Waals surface area contributed by atoms with E-state index in [0.717, 1.165) is 61.1 Å². The third-order valence-electron chi connectivity index (χ3n) is 9.24. The third-order valence-corrected chi connectivity index (χ3v) is 10.4. The lowest BCUT2D eigenvalue weighted by molar-refractivity contribution is 1.16. The van der Waals surface area contributed by atoms with Crippen molar-refractivity contribution in [3.05, 3.63) is 158 Å². The number of nitrogens with zero attached hydrogens (tertiary/aromatic N) is 4. The lowest BCUT2D eigenvalue weighted by atomic mass is 10.1. The monoisotopic (exact) mass is 630 g/mol. The molecule has 10 rings (SSSR count). The second-order valence-electron chi connectivity index (χ2n) is 12.1. The average molecular weight is 631 g/mol. The van der Waals surface area contributed by atoms with Gasteiger partial charge >= 0.3 is 0 Å². The SMILES string of the molecule is c1ccc(-c2cc(-c3ccccc3)nc(-c3cccc(-n4c5ccccc5c5cnc6c(ccc7c8ccccc8sc76)c54)c3)n2)cc1. The van der Waals surface area contributed by atoms with Crippen molar-refractivity contribution in [3.8, 4) is 39.6 Å². The maximum Gasteiger partial charge on any atom is 0.160 e. The normalized spacial score (nSPS) is 11.8. The van der Waals surface area contributed by atoms with Crippen LogP contribution in [-0.4, -0.2) is 19.5 Å². The Morgan fingerprint density at radius 1 is 0.479 bits per heavy atom. The second-order valence-corrected chi connectivity index (χ2v) is 13.1. The molecule has 0 aliphatic carbocycles. The van der Waals surface area contributed by atoms with E-state index < -0.39 is 0 Å². The zero-order valence-corrected chi connectivity index (χ0v) is 26.5. The number of hydrogen-bond donors (Lipinski definition) is 0. The minimum absolute atomic E-state index is 0.691. The Morgan fingerprint density at radius 2 is 1.12 bits per heavy atom. The third kappa shape index (κ3) is 4.18. The molecule has 224 valence electrons. The zero-order valence-electron chi connectivity index (χ0n) is 25.7. The molecule has 0 N–H and O–H groups in total.